The smallest absolute Gasteiger partial charge is 0.315 e. The zero-order valence-electron chi connectivity index (χ0n) is 31.4. The Kier molecular flexibility index (Phi) is 18.4. The van der Waals surface area contributed by atoms with Gasteiger partial charge in [0.15, 0.2) is 0 Å². The molecule has 15 heteroatoms. The second kappa shape index (κ2) is 21.9. The standard InChI is InChI=1S/C21H27N5O3S.C13H24N4OS.C2H6/c1-21(2,12-24-20(27)23-11-14-7-9-15(28-3)10-8-14)13-29-17-6-4-5-16-18(17)19(22)26-30-25-16;1-6-15-9(4)12(8(2)3)18-10(5)11-7-16-19-17-13(11)14;1-2/h4-10,25H,11-13H2,1-3H3,(H2,22,26)(H2,23,24,27);8,12,15-16H,4,6-7H2,1-3,5H3,(H2,14,17);1-2H3/b;11-10-;. The van der Waals surface area contributed by atoms with Gasteiger partial charge in [0.25, 0.3) is 0 Å². The molecule has 0 saturated heterocycles. The number of urea groups is 1. The molecule has 0 bridgehead atoms. The lowest BCUT2D eigenvalue weighted by molar-refractivity contribution is 0.101. The van der Waals surface area contributed by atoms with Crippen LogP contribution >= 0.6 is 24.3 Å². The highest BCUT2D eigenvalue weighted by Crippen LogP contribution is 2.33. The quantitative estimate of drug-likeness (QED) is 0.0856. The minimum atomic E-state index is -0.289. The van der Waals surface area contributed by atoms with Crippen molar-refractivity contribution in [2.75, 3.05) is 38.1 Å². The van der Waals surface area contributed by atoms with Gasteiger partial charge >= 0.3 is 6.03 Å². The van der Waals surface area contributed by atoms with E-state index in [0.717, 1.165) is 46.1 Å². The third-order valence-corrected chi connectivity index (χ3v) is 8.55. The molecule has 2 aliphatic rings. The lowest BCUT2D eigenvalue weighted by atomic mass is 9.95. The van der Waals surface area contributed by atoms with Crippen LogP contribution in [0.2, 0.25) is 0 Å². The number of methoxy groups -OCH3 is 1. The van der Waals surface area contributed by atoms with E-state index >= 15 is 0 Å². The van der Waals surface area contributed by atoms with Gasteiger partial charge in [0.05, 0.1) is 49.2 Å². The molecule has 0 fully saturated rings. The highest BCUT2D eigenvalue weighted by molar-refractivity contribution is 7.99. The van der Waals surface area contributed by atoms with E-state index in [0.29, 0.717) is 49.6 Å². The van der Waals surface area contributed by atoms with Gasteiger partial charge in [0, 0.05) is 42.9 Å². The Balaban J connectivity index is 0.000000371. The molecule has 2 aromatic carbocycles. The van der Waals surface area contributed by atoms with Crippen molar-refractivity contribution in [1.82, 2.24) is 20.7 Å². The van der Waals surface area contributed by atoms with E-state index in [2.05, 4.69) is 54.6 Å². The zero-order chi connectivity index (χ0) is 38.0. The van der Waals surface area contributed by atoms with E-state index in [4.69, 9.17) is 25.7 Å². The molecule has 0 aliphatic carbocycles. The molecule has 1 atom stereocenters. The maximum atomic E-state index is 12.2. The van der Waals surface area contributed by atoms with Crippen LogP contribution in [0.4, 0.5) is 10.5 Å². The highest BCUT2D eigenvalue weighted by atomic mass is 32.2. The van der Waals surface area contributed by atoms with E-state index < -0.39 is 0 Å². The molecule has 0 saturated carbocycles. The van der Waals surface area contributed by atoms with Crippen molar-refractivity contribution < 1.29 is 19.0 Å². The summed E-state index contributed by atoms with van der Waals surface area (Å²) in [6.07, 6.45) is -0.0742. The van der Waals surface area contributed by atoms with Crippen molar-refractivity contribution in [3.8, 4) is 11.5 Å². The van der Waals surface area contributed by atoms with Gasteiger partial charge in [-0.15, -0.1) is 0 Å². The maximum absolute atomic E-state index is 12.2. The molecule has 2 aromatic rings. The molecule has 51 heavy (non-hydrogen) atoms. The number of amidine groups is 2. The van der Waals surface area contributed by atoms with Gasteiger partial charge in [-0.2, -0.15) is 8.80 Å². The van der Waals surface area contributed by atoms with Gasteiger partial charge in [0.1, 0.15) is 35.0 Å². The maximum Gasteiger partial charge on any atom is 0.315 e. The Hall–Kier alpha value is -4.21. The van der Waals surface area contributed by atoms with Crippen molar-refractivity contribution in [1.29, 1.82) is 0 Å². The van der Waals surface area contributed by atoms with Crippen molar-refractivity contribution >= 4 is 47.7 Å². The fourth-order valence-corrected chi connectivity index (χ4v) is 5.62. The normalized spacial score (nSPS) is 15.0. The van der Waals surface area contributed by atoms with Gasteiger partial charge in [-0.25, -0.2) is 9.52 Å². The van der Waals surface area contributed by atoms with E-state index in [-0.39, 0.29) is 17.6 Å². The Morgan fingerprint density at radius 3 is 2.35 bits per heavy atom. The predicted octanol–water partition coefficient (Wildman–Crippen LogP) is 6.27. The highest BCUT2D eigenvalue weighted by Gasteiger charge is 2.24. The first-order valence-electron chi connectivity index (χ1n) is 17.0. The number of benzene rings is 2. The van der Waals surface area contributed by atoms with E-state index in [9.17, 15) is 4.79 Å². The first-order chi connectivity index (χ1) is 24.3. The number of carbonyl (C=O) groups is 1. The Morgan fingerprint density at radius 2 is 1.73 bits per heavy atom. The summed E-state index contributed by atoms with van der Waals surface area (Å²) >= 11 is 2.45. The number of rotatable bonds is 14. The number of nitrogens with zero attached hydrogens (tertiary/aromatic N) is 2. The molecule has 2 amide bonds. The number of nitrogens with one attached hydrogen (secondary N) is 5. The molecule has 1 unspecified atom stereocenters. The summed E-state index contributed by atoms with van der Waals surface area (Å²) in [4.78, 5) is 12.2. The summed E-state index contributed by atoms with van der Waals surface area (Å²) in [7, 11) is 1.62. The summed E-state index contributed by atoms with van der Waals surface area (Å²) in [6, 6.07) is 13.0. The number of hydrogen-bond acceptors (Lipinski definition) is 13. The Morgan fingerprint density at radius 1 is 1.04 bits per heavy atom. The second-order valence-corrected chi connectivity index (χ2v) is 13.7. The topological polar surface area (TPSA) is 182 Å². The van der Waals surface area contributed by atoms with Crippen LogP contribution in [0.1, 0.15) is 66.5 Å². The molecule has 0 spiro atoms. The SMILES string of the molecule is C=C(NCC)C(O/C(C)=C1/CNSN=C1N)C(C)C.CC.COc1ccc(CNC(=O)NCC(C)(C)COc2cccc3c2C(N)=NSN3)cc1. The molecule has 0 aromatic heterocycles. The number of hydrogen-bond donors (Lipinski definition) is 7. The van der Waals surface area contributed by atoms with Crippen LogP contribution in [0, 0.1) is 11.3 Å². The molecule has 4 rings (SSSR count). The Labute approximate surface area is 312 Å². The Bertz CT molecular complexity index is 1510. The van der Waals surface area contributed by atoms with Crippen LogP contribution in [0.25, 0.3) is 0 Å². The minimum Gasteiger partial charge on any atom is -0.497 e. The van der Waals surface area contributed by atoms with Crippen LogP contribution < -0.4 is 46.3 Å². The number of carbonyl (C=O) groups excluding carboxylic acids is 1. The van der Waals surface area contributed by atoms with E-state index in [1.54, 1.807) is 7.11 Å². The van der Waals surface area contributed by atoms with Gasteiger partial charge in [0.2, 0.25) is 0 Å². The number of fused-ring (bicyclic) bond motifs is 1. The fourth-order valence-electron chi connectivity index (χ4n) is 4.63. The lowest BCUT2D eigenvalue weighted by Crippen LogP contribution is -2.42. The average Bonchev–Trinajstić information content (AvgIpc) is 3.12. The number of allylic oxidation sites excluding steroid dienone is 1. The van der Waals surface area contributed by atoms with E-state index in [1.807, 2.05) is 84.0 Å². The molecule has 0 radical (unpaired) electrons. The third-order valence-electron chi connectivity index (χ3n) is 7.39. The van der Waals surface area contributed by atoms with Crippen molar-refractivity contribution in [3.63, 3.8) is 0 Å². The molecular weight excluding hydrogens is 687 g/mol. The van der Waals surface area contributed by atoms with Crippen molar-refractivity contribution in [3.05, 3.63) is 77.2 Å². The van der Waals surface area contributed by atoms with Gasteiger partial charge in [-0.3, -0.25) is 0 Å². The van der Waals surface area contributed by atoms with Crippen LogP contribution in [0.15, 0.2) is 74.9 Å². The summed E-state index contributed by atoms with van der Waals surface area (Å²) in [6.45, 7) is 23.1. The summed E-state index contributed by atoms with van der Waals surface area (Å²) in [5.74, 6) is 3.53. The van der Waals surface area contributed by atoms with Gasteiger partial charge < -0.3 is 46.4 Å². The van der Waals surface area contributed by atoms with Crippen LogP contribution in [-0.2, 0) is 11.3 Å². The van der Waals surface area contributed by atoms with Crippen molar-refractivity contribution in [2.24, 2.45) is 31.6 Å². The number of ether oxygens (including phenoxy) is 3. The number of amides is 2. The van der Waals surface area contributed by atoms with Gasteiger partial charge in [-0.05, 0) is 49.6 Å². The molecule has 13 nitrogen and oxygen atoms in total. The van der Waals surface area contributed by atoms with E-state index in [1.165, 1.54) is 24.3 Å². The molecule has 2 aliphatic heterocycles. The summed E-state index contributed by atoms with van der Waals surface area (Å²) in [5, 5.41) is 8.98. The summed E-state index contributed by atoms with van der Waals surface area (Å²) in [5.41, 5.74) is 16.0. The summed E-state index contributed by atoms with van der Waals surface area (Å²) < 4.78 is 31.6. The number of anilines is 1. The molecule has 2 heterocycles. The second-order valence-electron chi connectivity index (χ2n) is 12.4. The number of nitrogens with two attached hydrogens (primary N) is 2. The fraction of sp³-hybridized carbons (Fsp3) is 0.472. The molecular formula is C36H57N9O4S2. The zero-order valence-corrected chi connectivity index (χ0v) is 33.1. The van der Waals surface area contributed by atoms with Crippen LogP contribution in [0.3, 0.4) is 0 Å². The molecule has 9 N–H and O–H groups in total. The number of likely N-dealkylation sites (N-methyl/N-ethyl adjacent to an activating group) is 1. The van der Waals surface area contributed by atoms with Gasteiger partial charge in [-0.1, -0.05) is 66.3 Å². The monoisotopic (exact) mass is 743 g/mol. The third kappa shape index (κ3) is 14.1. The molecule has 282 valence electrons. The van der Waals surface area contributed by atoms with Crippen molar-refractivity contribution in [2.45, 2.75) is 68.0 Å². The van der Waals surface area contributed by atoms with Crippen LogP contribution in [0.5, 0.6) is 11.5 Å². The first kappa shape index (κ1) is 43.0. The predicted molar refractivity (Wildman–Crippen MR) is 215 cm³/mol. The lowest BCUT2D eigenvalue weighted by Gasteiger charge is -2.27. The minimum absolute atomic E-state index is 0.0742. The first-order valence-corrected chi connectivity index (χ1v) is 18.6. The van der Waals surface area contributed by atoms with Crippen LogP contribution in [-0.4, -0.2) is 57.2 Å². The average molecular weight is 744 g/mol. The largest absolute Gasteiger partial charge is 0.497 e.